The van der Waals surface area contributed by atoms with Crippen LogP contribution in [0, 0.1) is 6.92 Å². The van der Waals surface area contributed by atoms with Crippen LogP contribution in [0.15, 0.2) is 76.6 Å². The topological polar surface area (TPSA) is 109 Å². The fourth-order valence-electron chi connectivity index (χ4n) is 3.87. The molecule has 0 saturated carbocycles. The summed E-state index contributed by atoms with van der Waals surface area (Å²) >= 11 is 3.32. The molecule has 10 heteroatoms. The zero-order valence-corrected chi connectivity index (χ0v) is 23.8. The highest BCUT2D eigenvalue weighted by atomic mass is 79.9. The molecule has 2 aromatic carbocycles. The van der Waals surface area contributed by atoms with Gasteiger partial charge < -0.3 is 14.0 Å². The van der Waals surface area contributed by atoms with E-state index in [1.54, 1.807) is 79.2 Å². The summed E-state index contributed by atoms with van der Waals surface area (Å²) in [6.07, 6.45) is 3.30. The number of ether oxygens (including phenoxy) is 2. The van der Waals surface area contributed by atoms with Gasteiger partial charge in [0.1, 0.15) is 11.5 Å². The van der Waals surface area contributed by atoms with Crippen LogP contribution in [0.3, 0.4) is 0 Å². The third kappa shape index (κ3) is 6.58. The van der Waals surface area contributed by atoms with Crippen LogP contribution < -0.4 is 15.0 Å². The highest BCUT2D eigenvalue weighted by Crippen LogP contribution is 2.28. The molecule has 2 heterocycles. The minimum Gasteiger partial charge on any atom is -0.427 e. The maximum atomic E-state index is 13.3. The number of carbonyl (C=O) groups excluding carboxylic acids is 3. The average molecular weight is 594 g/mol. The molecule has 202 valence electrons. The number of hydrogen-bond acceptors (Lipinski definition) is 7. The Morgan fingerprint density at radius 2 is 1.46 bits per heavy atom. The van der Waals surface area contributed by atoms with Crippen LogP contribution in [0.2, 0.25) is 0 Å². The van der Waals surface area contributed by atoms with Gasteiger partial charge in [-0.2, -0.15) is 0 Å². The van der Waals surface area contributed by atoms with Crippen LogP contribution in [0.25, 0.3) is 17.0 Å². The Balaban J connectivity index is 0.00000134. The number of ketones is 1. The van der Waals surface area contributed by atoms with Crippen molar-refractivity contribution in [1.29, 1.82) is 0 Å². The third-order valence-corrected chi connectivity index (χ3v) is 6.11. The van der Waals surface area contributed by atoms with Crippen molar-refractivity contribution in [3.63, 3.8) is 0 Å². The van der Waals surface area contributed by atoms with Crippen molar-refractivity contribution in [1.82, 2.24) is 14.0 Å². The van der Waals surface area contributed by atoms with E-state index in [4.69, 9.17) is 14.5 Å². The highest BCUT2D eigenvalue weighted by Gasteiger charge is 2.23. The summed E-state index contributed by atoms with van der Waals surface area (Å²) in [7, 11) is 0. The Hall–Kier alpha value is -4.31. The van der Waals surface area contributed by atoms with E-state index in [1.807, 2.05) is 6.92 Å². The third-order valence-electron chi connectivity index (χ3n) is 5.57. The number of fused-ring (bicyclic) bond motifs is 1. The van der Waals surface area contributed by atoms with Crippen molar-refractivity contribution in [2.75, 3.05) is 0 Å². The number of hydrogen-bond donors (Lipinski definition) is 0. The molecule has 0 aliphatic rings. The molecule has 39 heavy (non-hydrogen) atoms. The average Bonchev–Trinajstić information content (AvgIpc) is 3.23. The summed E-state index contributed by atoms with van der Waals surface area (Å²) in [4.78, 5) is 53.3. The number of rotatable bonds is 6. The summed E-state index contributed by atoms with van der Waals surface area (Å²) in [5.41, 5.74) is 1.97. The van der Waals surface area contributed by atoms with Gasteiger partial charge in [-0.3, -0.25) is 19.2 Å². The Morgan fingerprint density at radius 1 is 0.974 bits per heavy atom. The largest absolute Gasteiger partial charge is 0.427 e. The molecule has 4 rings (SSSR count). The Morgan fingerprint density at radius 3 is 1.95 bits per heavy atom. The summed E-state index contributed by atoms with van der Waals surface area (Å²) in [6, 6.07) is 12.3. The number of carbonyl (C=O) groups is 3. The molecule has 1 unspecified atom stereocenters. The van der Waals surface area contributed by atoms with E-state index >= 15 is 0 Å². The van der Waals surface area contributed by atoms with Gasteiger partial charge in [0.15, 0.2) is 5.78 Å². The first kappa shape index (κ1) is 29.2. The molecule has 0 saturated heterocycles. The molecule has 0 amide bonds. The number of imidazole rings is 1. The number of aryl methyl sites for hydroxylation is 1. The monoisotopic (exact) mass is 593 g/mol. The fraction of sp³-hybridized carbons (Fsp3) is 0.207. The predicted octanol–water partition coefficient (Wildman–Crippen LogP) is 5.72. The quantitative estimate of drug-likeness (QED) is 0.122. The first-order valence-corrected chi connectivity index (χ1v) is 12.8. The van der Waals surface area contributed by atoms with Crippen molar-refractivity contribution in [3.8, 4) is 22.8 Å². The standard InChI is InChI=1S/C26H22BrN3O6.C3H6/c1-14-23(18-5-9-20(10-6-18)35-16(3)31)28-26-29(13-22(27)25(34)30(14)26)15(2)24(33)19-7-11-21(12-8-19)36-17(4)32;1-3-2/h5-13,15H,1-4H3;3H,1H2,2H3. The van der Waals surface area contributed by atoms with Crippen LogP contribution in [0.1, 0.15) is 49.8 Å². The first-order valence-electron chi connectivity index (χ1n) is 12.0. The number of Topliss-reactive ketones (excluding diaryl/α,β-unsaturated/α-hetero) is 1. The number of halogens is 1. The minimum atomic E-state index is -0.704. The normalized spacial score (nSPS) is 11.2. The molecule has 0 radical (unpaired) electrons. The summed E-state index contributed by atoms with van der Waals surface area (Å²) < 4.78 is 13.5. The van der Waals surface area contributed by atoms with E-state index in [2.05, 4.69) is 22.5 Å². The van der Waals surface area contributed by atoms with Gasteiger partial charge >= 0.3 is 11.9 Å². The SMILES string of the molecule is C=CC.CC(=O)Oc1ccc(C(=O)C(C)n2cc(Br)c(=O)n3c(C)c(-c4ccc(OC(C)=O)cc4)nc23)cc1. The second-order valence-electron chi connectivity index (χ2n) is 8.56. The van der Waals surface area contributed by atoms with Crippen molar-refractivity contribution in [3.05, 3.63) is 93.5 Å². The van der Waals surface area contributed by atoms with Crippen molar-refractivity contribution in [2.45, 2.75) is 40.7 Å². The molecule has 9 nitrogen and oxygen atoms in total. The van der Waals surface area contributed by atoms with E-state index in [1.165, 1.54) is 18.2 Å². The van der Waals surface area contributed by atoms with Gasteiger partial charge in [0.2, 0.25) is 5.78 Å². The Bertz CT molecular complexity index is 1600. The molecule has 2 aromatic heterocycles. The lowest BCUT2D eigenvalue weighted by molar-refractivity contribution is -0.132. The van der Waals surface area contributed by atoms with Crippen molar-refractivity contribution in [2.24, 2.45) is 0 Å². The van der Waals surface area contributed by atoms with Crippen LogP contribution >= 0.6 is 15.9 Å². The Labute approximate surface area is 233 Å². The number of allylic oxidation sites excluding steroid dienone is 1. The van der Waals surface area contributed by atoms with Gasteiger partial charge in [-0.1, -0.05) is 6.08 Å². The molecule has 4 aromatic rings. The van der Waals surface area contributed by atoms with E-state index in [-0.39, 0.29) is 15.8 Å². The van der Waals surface area contributed by atoms with Crippen LogP contribution in [0.5, 0.6) is 11.5 Å². The van der Waals surface area contributed by atoms with Gasteiger partial charge in [0.05, 0.1) is 21.9 Å². The van der Waals surface area contributed by atoms with Crippen molar-refractivity contribution >= 4 is 39.4 Å². The summed E-state index contributed by atoms with van der Waals surface area (Å²) in [6.45, 7) is 11.4. The number of esters is 2. The van der Waals surface area contributed by atoms with Gasteiger partial charge in [0.25, 0.3) is 5.56 Å². The lowest BCUT2D eigenvalue weighted by atomic mass is 10.1. The molecule has 0 aliphatic carbocycles. The molecular formula is C29H28BrN3O6. The van der Waals surface area contributed by atoms with Gasteiger partial charge in [-0.15, -0.1) is 6.58 Å². The lowest BCUT2D eigenvalue weighted by Gasteiger charge is -2.17. The van der Waals surface area contributed by atoms with Gasteiger partial charge in [-0.25, -0.2) is 9.38 Å². The van der Waals surface area contributed by atoms with Crippen LogP contribution in [0.4, 0.5) is 0 Å². The zero-order chi connectivity index (χ0) is 28.9. The second-order valence-corrected chi connectivity index (χ2v) is 9.41. The molecule has 0 fully saturated rings. The summed E-state index contributed by atoms with van der Waals surface area (Å²) in [5, 5.41) is 0. The first-order chi connectivity index (χ1) is 18.5. The smallest absolute Gasteiger partial charge is 0.308 e. The fourth-order valence-corrected chi connectivity index (χ4v) is 4.27. The summed E-state index contributed by atoms with van der Waals surface area (Å²) in [5.74, 6) is -0.0445. The molecule has 0 bridgehead atoms. The van der Waals surface area contributed by atoms with Crippen LogP contribution in [-0.2, 0) is 9.59 Å². The molecule has 0 aliphatic heterocycles. The number of benzene rings is 2. The minimum absolute atomic E-state index is 0.213. The molecular weight excluding hydrogens is 566 g/mol. The predicted molar refractivity (Wildman–Crippen MR) is 151 cm³/mol. The van der Waals surface area contributed by atoms with Crippen LogP contribution in [-0.4, -0.2) is 31.7 Å². The van der Waals surface area contributed by atoms with Gasteiger partial charge in [-0.05, 0) is 85.2 Å². The molecule has 0 spiro atoms. The van der Waals surface area contributed by atoms with E-state index in [0.717, 1.165) is 0 Å². The highest BCUT2D eigenvalue weighted by molar-refractivity contribution is 9.10. The van der Waals surface area contributed by atoms with Crippen molar-refractivity contribution < 1.29 is 23.9 Å². The van der Waals surface area contributed by atoms with E-state index in [0.29, 0.717) is 39.8 Å². The molecule has 1 atom stereocenters. The second kappa shape index (κ2) is 12.5. The maximum Gasteiger partial charge on any atom is 0.308 e. The number of nitrogens with zero attached hydrogens (tertiary/aromatic N) is 3. The number of aromatic nitrogens is 3. The Kier molecular flexibility index (Phi) is 9.37. The van der Waals surface area contributed by atoms with Gasteiger partial charge in [0, 0.05) is 31.2 Å². The van der Waals surface area contributed by atoms with E-state index in [9.17, 15) is 19.2 Å². The maximum absolute atomic E-state index is 13.3. The lowest BCUT2D eigenvalue weighted by Crippen LogP contribution is -2.24. The molecule has 0 N–H and O–H groups in total. The zero-order valence-electron chi connectivity index (χ0n) is 22.2. The van der Waals surface area contributed by atoms with E-state index < -0.39 is 18.0 Å².